The molecule has 146 valence electrons. The van der Waals surface area contributed by atoms with Gasteiger partial charge in [0.1, 0.15) is 11.5 Å². The lowest BCUT2D eigenvalue weighted by molar-refractivity contribution is -0.119. The minimum atomic E-state index is -0.568. The first kappa shape index (κ1) is 18.9. The largest absolute Gasteiger partial charge is 0.370 e. The topological polar surface area (TPSA) is 85.1 Å². The van der Waals surface area contributed by atoms with Crippen LogP contribution in [0.5, 0.6) is 0 Å². The van der Waals surface area contributed by atoms with Crippen molar-refractivity contribution in [3.05, 3.63) is 64.7 Å². The summed E-state index contributed by atoms with van der Waals surface area (Å²) in [6.07, 6.45) is 2.94. The number of pyridine rings is 1. The quantitative estimate of drug-likeness (QED) is 0.750. The third-order valence-corrected chi connectivity index (χ3v) is 6.71. The normalized spacial score (nSPS) is 17.6. The molecule has 1 aromatic carbocycles. The van der Waals surface area contributed by atoms with Gasteiger partial charge in [-0.05, 0) is 48.1 Å². The molecule has 2 amide bonds. The van der Waals surface area contributed by atoms with Crippen LogP contribution in [-0.4, -0.2) is 33.8 Å². The van der Waals surface area contributed by atoms with Gasteiger partial charge in [0.25, 0.3) is 5.91 Å². The molecule has 7 heteroatoms. The van der Waals surface area contributed by atoms with Crippen LogP contribution in [0.15, 0.2) is 36.4 Å². The van der Waals surface area contributed by atoms with Crippen molar-refractivity contribution in [3.63, 3.8) is 0 Å². The molecule has 2 aliphatic rings. The number of carbonyl (C=O) groups is 2. The second kappa shape index (κ2) is 7.54. The molecule has 0 bridgehead atoms. The van der Waals surface area contributed by atoms with Crippen LogP contribution in [0.3, 0.4) is 0 Å². The van der Waals surface area contributed by atoms with Gasteiger partial charge in [0.05, 0.1) is 12.0 Å². The van der Waals surface area contributed by atoms with Crippen LogP contribution >= 0.6 is 11.8 Å². The molecule has 3 N–H and O–H groups in total. The Balaban J connectivity index is 1.56. The number of nitrogens with zero attached hydrogens (tertiary/aromatic N) is 1. The van der Waals surface area contributed by atoms with Gasteiger partial charge in [0.2, 0.25) is 5.91 Å². The van der Waals surface area contributed by atoms with Gasteiger partial charge in [-0.3, -0.25) is 9.59 Å². The smallest absolute Gasteiger partial charge is 0.270 e. The van der Waals surface area contributed by atoms with E-state index in [0.717, 1.165) is 29.7 Å². The fourth-order valence-corrected chi connectivity index (χ4v) is 4.59. The minimum Gasteiger partial charge on any atom is -0.370 e. The summed E-state index contributed by atoms with van der Waals surface area (Å²) in [5.74, 6) is 0.850. The van der Waals surface area contributed by atoms with Gasteiger partial charge in [0.15, 0.2) is 0 Å². The van der Waals surface area contributed by atoms with Gasteiger partial charge >= 0.3 is 0 Å². The number of carbonyl (C=O) groups excluding carboxylic acids is 2. The first-order valence-corrected chi connectivity index (χ1v) is 10.5. The molecule has 5 nitrogen and oxygen atoms in total. The second-order valence-electron chi connectivity index (χ2n) is 7.68. The lowest BCUT2D eigenvalue weighted by atomic mass is 9.97. The molecule has 2 aromatic rings. The van der Waals surface area contributed by atoms with Crippen LogP contribution in [-0.2, 0) is 11.2 Å². The van der Waals surface area contributed by atoms with Crippen molar-refractivity contribution >= 4 is 23.6 Å². The highest BCUT2D eigenvalue weighted by molar-refractivity contribution is 8.00. The molecule has 0 spiro atoms. The average molecular weight is 399 g/mol. The van der Waals surface area contributed by atoms with E-state index in [1.165, 1.54) is 12.1 Å². The highest BCUT2D eigenvalue weighted by Gasteiger charge is 2.41. The van der Waals surface area contributed by atoms with E-state index in [4.69, 9.17) is 5.73 Å². The molecule has 1 aliphatic heterocycles. The van der Waals surface area contributed by atoms with Crippen LogP contribution in [0.25, 0.3) is 0 Å². The number of primary amides is 1. The third-order valence-electron chi connectivity index (χ3n) is 5.19. The summed E-state index contributed by atoms with van der Waals surface area (Å²) in [5, 5.41) is 2.97. The molecule has 0 unspecified atom stereocenters. The van der Waals surface area contributed by atoms with Crippen molar-refractivity contribution in [1.82, 2.24) is 10.3 Å². The molecule has 1 saturated carbocycles. The summed E-state index contributed by atoms with van der Waals surface area (Å²) in [7, 11) is 0. The molecular weight excluding hydrogens is 377 g/mol. The summed E-state index contributed by atoms with van der Waals surface area (Å²) < 4.78 is 13.2. The van der Waals surface area contributed by atoms with Gasteiger partial charge < -0.3 is 11.1 Å². The van der Waals surface area contributed by atoms with E-state index in [0.29, 0.717) is 29.5 Å². The van der Waals surface area contributed by atoms with Crippen molar-refractivity contribution in [1.29, 1.82) is 0 Å². The number of amides is 2. The van der Waals surface area contributed by atoms with Crippen molar-refractivity contribution in [2.45, 2.75) is 37.1 Å². The number of nitrogens with two attached hydrogens (primary N) is 1. The molecule has 0 atom stereocenters. The Morgan fingerprint density at radius 1 is 1.18 bits per heavy atom. The van der Waals surface area contributed by atoms with Gasteiger partial charge in [0, 0.05) is 23.6 Å². The zero-order valence-corrected chi connectivity index (χ0v) is 16.2. The molecule has 28 heavy (non-hydrogen) atoms. The number of rotatable bonds is 7. The van der Waals surface area contributed by atoms with E-state index in [1.807, 2.05) is 6.07 Å². The van der Waals surface area contributed by atoms with Crippen molar-refractivity contribution in [3.8, 4) is 0 Å². The number of thioether (sulfide) groups is 1. The molecule has 1 saturated heterocycles. The van der Waals surface area contributed by atoms with E-state index < -0.39 is 11.4 Å². The van der Waals surface area contributed by atoms with Crippen molar-refractivity contribution in [2.24, 2.45) is 5.73 Å². The zero-order chi connectivity index (χ0) is 19.7. The molecule has 4 rings (SSSR count). The Morgan fingerprint density at radius 3 is 2.46 bits per heavy atom. The maximum atomic E-state index is 13.2. The number of aromatic nitrogens is 1. The van der Waals surface area contributed by atoms with Gasteiger partial charge in [-0.1, -0.05) is 18.2 Å². The van der Waals surface area contributed by atoms with Crippen LogP contribution in [0.2, 0.25) is 0 Å². The minimum absolute atomic E-state index is 0.133. The Morgan fingerprint density at radius 2 is 1.89 bits per heavy atom. The molecule has 0 radical (unpaired) electrons. The summed E-state index contributed by atoms with van der Waals surface area (Å²) >= 11 is 1.67. The van der Waals surface area contributed by atoms with Crippen LogP contribution in [0.1, 0.15) is 52.5 Å². The van der Waals surface area contributed by atoms with Gasteiger partial charge in [-0.2, -0.15) is 11.8 Å². The summed E-state index contributed by atoms with van der Waals surface area (Å²) in [6.45, 7) is 0. The van der Waals surface area contributed by atoms with Crippen molar-refractivity contribution < 1.29 is 14.0 Å². The SMILES string of the molecule is NC(=O)CC1(NC(=O)c2ccc(C3CC3)c(Cc3ccc(F)cc3)n2)CSC1. The van der Waals surface area contributed by atoms with Gasteiger partial charge in [-0.15, -0.1) is 0 Å². The predicted octanol–water partition coefficient (Wildman–Crippen LogP) is 2.78. The lowest BCUT2D eigenvalue weighted by Gasteiger charge is -2.40. The Bertz CT molecular complexity index is 908. The molecule has 2 fully saturated rings. The fraction of sp³-hybridized carbons (Fsp3) is 0.381. The Labute approximate surface area is 167 Å². The monoisotopic (exact) mass is 399 g/mol. The van der Waals surface area contributed by atoms with E-state index in [2.05, 4.69) is 10.3 Å². The number of halogens is 1. The van der Waals surface area contributed by atoms with E-state index in [-0.39, 0.29) is 18.1 Å². The van der Waals surface area contributed by atoms with Crippen molar-refractivity contribution in [2.75, 3.05) is 11.5 Å². The summed E-state index contributed by atoms with van der Waals surface area (Å²) in [5.41, 5.74) is 8.08. The van der Waals surface area contributed by atoms with E-state index in [1.54, 1.807) is 30.0 Å². The second-order valence-corrected chi connectivity index (χ2v) is 8.67. The number of hydrogen-bond donors (Lipinski definition) is 2. The maximum absolute atomic E-state index is 13.2. The molecular formula is C21H22FN3O2S. The van der Waals surface area contributed by atoms with Crippen LogP contribution < -0.4 is 11.1 Å². The maximum Gasteiger partial charge on any atom is 0.270 e. The summed E-state index contributed by atoms with van der Waals surface area (Å²) in [4.78, 5) is 28.8. The highest BCUT2D eigenvalue weighted by Crippen LogP contribution is 2.41. The van der Waals surface area contributed by atoms with Crippen LogP contribution in [0, 0.1) is 5.82 Å². The molecule has 1 aromatic heterocycles. The predicted molar refractivity (Wildman–Crippen MR) is 107 cm³/mol. The standard InChI is InChI=1S/C21H22FN3O2S/c22-15-5-1-13(2-6-15)9-18-16(14-3-4-14)7-8-17(24-18)20(27)25-21(10-19(23)26)11-28-12-21/h1-2,5-8,14H,3-4,9-12H2,(H2,23,26)(H,25,27). The number of hydrogen-bond acceptors (Lipinski definition) is 4. The highest BCUT2D eigenvalue weighted by atomic mass is 32.2. The van der Waals surface area contributed by atoms with E-state index >= 15 is 0 Å². The Hall–Kier alpha value is -2.41. The zero-order valence-electron chi connectivity index (χ0n) is 15.4. The number of benzene rings is 1. The van der Waals surface area contributed by atoms with E-state index in [9.17, 15) is 14.0 Å². The average Bonchev–Trinajstić information content (AvgIpc) is 3.46. The first-order chi connectivity index (χ1) is 13.4. The fourth-order valence-electron chi connectivity index (χ4n) is 3.55. The lowest BCUT2D eigenvalue weighted by Crippen LogP contribution is -2.59. The summed E-state index contributed by atoms with van der Waals surface area (Å²) in [6, 6.07) is 10.1. The van der Waals surface area contributed by atoms with Gasteiger partial charge in [-0.25, -0.2) is 9.37 Å². The molecule has 2 heterocycles. The molecule has 1 aliphatic carbocycles. The third kappa shape index (κ3) is 4.19. The first-order valence-electron chi connectivity index (χ1n) is 9.37. The number of nitrogens with one attached hydrogen (secondary N) is 1. The van der Waals surface area contributed by atoms with Crippen LogP contribution in [0.4, 0.5) is 4.39 Å². The Kier molecular flexibility index (Phi) is 5.10.